The zero-order valence-corrected chi connectivity index (χ0v) is 13.0. The van der Waals surface area contributed by atoms with Gasteiger partial charge in [0.15, 0.2) is 12.4 Å². The number of nitrogens with two attached hydrogens (primary N) is 1. The third-order valence-corrected chi connectivity index (χ3v) is 2.97. The van der Waals surface area contributed by atoms with E-state index in [0.717, 1.165) is 0 Å². The molecule has 150 valence electrons. The number of hydrogen-bond donors (Lipinski definition) is 11. The van der Waals surface area contributed by atoms with E-state index in [2.05, 4.69) is 5.73 Å². The molecule has 1 amide bonds. The van der Waals surface area contributed by atoms with Crippen molar-refractivity contribution in [2.24, 2.45) is 5.73 Å². The maximum Gasteiger partial charge on any atom is 0.249 e. The predicted octanol–water partition coefficient (Wildman–Crippen LogP) is -7.47. The smallest absolute Gasteiger partial charge is 0.249 e. The first-order chi connectivity index (χ1) is 11.5. The van der Waals surface area contributed by atoms with Gasteiger partial charge in [-0.1, -0.05) is 0 Å². The van der Waals surface area contributed by atoms with Crippen LogP contribution in [0, 0.1) is 0 Å². The SMILES string of the molecule is NC(=O)[C@H](O)[C@@H](O)[C@H](O)[C@H](O)CO.O=C[C@H](O)[C@@H](O)[C@H](O)[C@H](O)CO. The molecule has 0 aromatic rings. The minimum absolute atomic E-state index is 0.0258. The molecule has 0 aromatic heterocycles. The van der Waals surface area contributed by atoms with Gasteiger partial charge in [-0.25, -0.2) is 0 Å². The minimum Gasteiger partial charge on any atom is -0.394 e. The van der Waals surface area contributed by atoms with Crippen LogP contribution in [0.15, 0.2) is 0 Å². The van der Waals surface area contributed by atoms with Crippen LogP contribution in [0.1, 0.15) is 0 Å². The number of primary amides is 1. The van der Waals surface area contributed by atoms with Crippen LogP contribution in [0.3, 0.4) is 0 Å². The third-order valence-electron chi connectivity index (χ3n) is 2.97. The summed E-state index contributed by atoms with van der Waals surface area (Å²) in [5.74, 6) is -1.23. The number of hydrogen-bond acceptors (Lipinski definition) is 12. The molecule has 25 heavy (non-hydrogen) atoms. The fraction of sp³-hybridized carbons (Fsp3) is 0.833. The second-order valence-corrected chi connectivity index (χ2v) is 4.94. The van der Waals surface area contributed by atoms with Crippen molar-refractivity contribution in [1.82, 2.24) is 0 Å². The maximum absolute atomic E-state index is 10.3. The zero-order chi connectivity index (χ0) is 20.3. The molecule has 0 aliphatic heterocycles. The van der Waals surface area contributed by atoms with E-state index >= 15 is 0 Å². The monoisotopic (exact) mass is 375 g/mol. The lowest BCUT2D eigenvalue weighted by molar-refractivity contribution is -0.146. The van der Waals surface area contributed by atoms with Crippen molar-refractivity contribution >= 4 is 12.2 Å². The Morgan fingerprint density at radius 2 is 1.12 bits per heavy atom. The molecular formula is C12H25NO12. The number of carbonyl (C=O) groups excluding carboxylic acids is 2. The predicted molar refractivity (Wildman–Crippen MR) is 77.5 cm³/mol. The molecule has 0 spiro atoms. The Labute approximate surface area is 141 Å². The van der Waals surface area contributed by atoms with Crippen LogP contribution in [0.25, 0.3) is 0 Å². The van der Waals surface area contributed by atoms with E-state index < -0.39 is 68.0 Å². The molecule has 13 heteroatoms. The van der Waals surface area contributed by atoms with Gasteiger partial charge in [-0.15, -0.1) is 0 Å². The number of rotatable bonds is 10. The van der Waals surface area contributed by atoms with E-state index in [0.29, 0.717) is 0 Å². The summed E-state index contributed by atoms with van der Waals surface area (Å²) in [6, 6.07) is 0. The van der Waals surface area contributed by atoms with E-state index in [1.165, 1.54) is 0 Å². The molecular weight excluding hydrogens is 350 g/mol. The van der Waals surface area contributed by atoms with Crippen molar-refractivity contribution < 1.29 is 60.7 Å². The van der Waals surface area contributed by atoms with Crippen molar-refractivity contribution in [3.8, 4) is 0 Å². The molecule has 0 saturated heterocycles. The minimum atomic E-state index is -1.98. The summed E-state index contributed by atoms with van der Waals surface area (Å²) in [7, 11) is 0. The Kier molecular flexibility index (Phi) is 13.5. The summed E-state index contributed by atoms with van der Waals surface area (Å²) in [6.07, 6.45) is -14.2. The normalized spacial score (nSPS) is 20.7. The average Bonchev–Trinajstić information content (AvgIpc) is 2.62. The fourth-order valence-corrected chi connectivity index (χ4v) is 1.31. The molecule has 0 aromatic carbocycles. The molecule has 0 rings (SSSR count). The topological polar surface area (TPSA) is 262 Å². The third kappa shape index (κ3) is 9.13. The van der Waals surface area contributed by atoms with Gasteiger partial charge in [0.1, 0.15) is 42.7 Å². The number of amides is 1. The van der Waals surface area contributed by atoms with Crippen LogP contribution in [-0.2, 0) is 9.59 Å². The van der Waals surface area contributed by atoms with Crippen molar-refractivity contribution in [1.29, 1.82) is 0 Å². The van der Waals surface area contributed by atoms with E-state index in [9.17, 15) is 9.59 Å². The molecule has 0 radical (unpaired) electrons. The summed E-state index contributed by atoms with van der Waals surface area (Å²) in [6.45, 7) is -1.56. The van der Waals surface area contributed by atoms with E-state index in [-0.39, 0.29) is 6.29 Å². The van der Waals surface area contributed by atoms with Gasteiger partial charge in [0.05, 0.1) is 13.2 Å². The Morgan fingerprint density at radius 1 is 0.760 bits per heavy atom. The van der Waals surface area contributed by atoms with Crippen LogP contribution in [0.2, 0.25) is 0 Å². The Bertz CT molecular complexity index is 383. The van der Waals surface area contributed by atoms with Gasteiger partial charge in [-0.2, -0.15) is 0 Å². The Hall–Kier alpha value is -1.26. The molecule has 0 saturated carbocycles. The average molecular weight is 375 g/mol. The summed E-state index contributed by atoms with van der Waals surface area (Å²) in [5, 5.41) is 87.5. The van der Waals surface area contributed by atoms with E-state index in [4.69, 9.17) is 51.1 Å². The molecule has 0 aliphatic carbocycles. The van der Waals surface area contributed by atoms with Gasteiger partial charge in [0, 0.05) is 0 Å². The second-order valence-electron chi connectivity index (χ2n) is 4.94. The van der Waals surface area contributed by atoms with E-state index in [1.807, 2.05) is 0 Å². The van der Waals surface area contributed by atoms with Crippen LogP contribution in [0.5, 0.6) is 0 Å². The van der Waals surface area contributed by atoms with Gasteiger partial charge in [-0.3, -0.25) is 4.79 Å². The first kappa shape index (κ1) is 26.0. The summed E-state index contributed by atoms with van der Waals surface area (Å²) in [4.78, 5) is 20.2. The second kappa shape index (κ2) is 13.0. The van der Waals surface area contributed by atoms with Crippen molar-refractivity contribution in [2.45, 2.75) is 48.8 Å². The first-order valence-corrected chi connectivity index (χ1v) is 6.87. The molecule has 0 unspecified atom stereocenters. The van der Waals surface area contributed by atoms with Crippen LogP contribution >= 0.6 is 0 Å². The zero-order valence-electron chi connectivity index (χ0n) is 13.0. The van der Waals surface area contributed by atoms with Crippen LogP contribution in [0.4, 0.5) is 0 Å². The highest BCUT2D eigenvalue weighted by Crippen LogP contribution is 2.04. The Morgan fingerprint density at radius 3 is 1.40 bits per heavy atom. The lowest BCUT2D eigenvalue weighted by Gasteiger charge is -2.23. The number of aldehydes is 1. The molecule has 0 bridgehead atoms. The van der Waals surface area contributed by atoms with Crippen LogP contribution in [-0.4, -0.2) is 125 Å². The molecule has 8 atom stereocenters. The molecule has 0 heterocycles. The van der Waals surface area contributed by atoms with Gasteiger partial charge in [-0.05, 0) is 0 Å². The maximum atomic E-state index is 10.3. The molecule has 0 fully saturated rings. The highest BCUT2D eigenvalue weighted by molar-refractivity contribution is 5.79. The number of aliphatic hydroxyl groups excluding tert-OH is 10. The lowest BCUT2D eigenvalue weighted by Crippen LogP contribution is -2.50. The van der Waals surface area contributed by atoms with Crippen molar-refractivity contribution in [3.05, 3.63) is 0 Å². The standard InChI is InChI=1S/C6H13NO6.C6H12O6/c7-6(13)5(12)4(11)3(10)2(9)1-8;7-1-3(9)5(11)6(12)4(10)2-8/h2-5,8-12H,1H2,(H2,7,13);1,3-6,8-12H,2H2/t2-,3-,4+,5-;3-,4+,5+,6+/m10/s1. The fourth-order valence-electron chi connectivity index (χ4n) is 1.31. The van der Waals surface area contributed by atoms with E-state index in [1.54, 1.807) is 0 Å². The van der Waals surface area contributed by atoms with Gasteiger partial charge in [0.25, 0.3) is 0 Å². The van der Waals surface area contributed by atoms with Crippen molar-refractivity contribution in [2.75, 3.05) is 13.2 Å². The van der Waals surface area contributed by atoms with Crippen molar-refractivity contribution in [3.63, 3.8) is 0 Å². The molecule has 12 N–H and O–H groups in total. The van der Waals surface area contributed by atoms with Gasteiger partial charge < -0.3 is 61.6 Å². The highest BCUT2D eigenvalue weighted by atomic mass is 16.4. The Balaban J connectivity index is 0. The quantitative estimate of drug-likeness (QED) is 0.159. The summed E-state index contributed by atoms with van der Waals surface area (Å²) < 4.78 is 0. The van der Waals surface area contributed by atoms with Gasteiger partial charge in [0.2, 0.25) is 5.91 Å². The lowest BCUT2D eigenvalue weighted by atomic mass is 10.0. The summed E-state index contributed by atoms with van der Waals surface area (Å²) >= 11 is 0. The van der Waals surface area contributed by atoms with Gasteiger partial charge >= 0.3 is 0 Å². The van der Waals surface area contributed by atoms with Crippen LogP contribution < -0.4 is 5.73 Å². The largest absolute Gasteiger partial charge is 0.394 e. The molecule has 13 nitrogen and oxygen atoms in total. The highest BCUT2D eigenvalue weighted by Gasteiger charge is 2.32. The first-order valence-electron chi connectivity index (χ1n) is 6.87. The summed E-state index contributed by atoms with van der Waals surface area (Å²) in [5.41, 5.74) is 4.61. The number of aliphatic hydroxyl groups is 10. The molecule has 0 aliphatic rings. The number of carbonyl (C=O) groups is 2.